The minimum Gasteiger partial charge on any atom is -0.462 e. The Morgan fingerprint density at radius 1 is 1.30 bits per heavy atom. The van der Waals surface area contributed by atoms with Gasteiger partial charge in [0.1, 0.15) is 5.00 Å². The molecule has 10 heteroatoms. The zero-order valence-corrected chi connectivity index (χ0v) is 17.7. The molecule has 1 amide bonds. The van der Waals surface area contributed by atoms with E-state index in [0.717, 1.165) is 16.2 Å². The van der Waals surface area contributed by atoms with E-state index in [1.165, 1.54) is 11.3 Å². The van der Waals surface area contributed by atoms with Gasteiger partial charge in [0.05, 0.1) is 28.0 Å². The number of nitrogens with one attached hydrogen (secondary N) is 1. The first-order valence-electron chi connectivity index (χ1n) is 8.35. The Morgan fingerprint density at radius 3 is 2.74 bits per heavy atom. The van der Waals surface area contributed by atoms with Crippen LogP contribution in [0, 0.1) is 0 Å². The predicted molar refractivity (Wildman–Crippen MR) is 108 cm³/mol. The molecule has 3 heterocycles. The predicted octanol–water partition coefficient (Wildman–Crippen LogP) is 3.68. The summed E-state index contributed by atoms with van der Waals surface area (Å²) >= 11 is 8.45. The fourth-order valence-electron chi connectivity index (χ4n) is 2.84. The first-order chi connectivity index (χ1) is 12.8. The zero-order chi connectivity index (χ0) is 19.6. The van der Waals surface area contributed by atoms with Crippen molar-refractivity contribution in [1.29, 1.82) is 0 Å². The Bertz CT molecular complexity index is 977. The molecule has 0 bridgehead atoms. The Hall–Kier alpha value is -1.42. The molecule has 1 aliphatic rings. The van der Waals surface area contributed by atoms with E-state index in [1.54, 1.807) is 13.0 Å². The maximum absolute atomic E-state index is 12.4. The number of sulfone groups is 1. The summed E-state index contributed by atoms with van der Waals surface area (Å²) in [6.45, 7) is 1.90. The molecule has 0 spiro atoms. The van der Waals surface area contributed by atoms with Crippen LogP contribution >= 0.6 is 34.3 Å². The van der Waals surface area contributed by atoms with Gasteiger partial charge < -0.3 is 10.1 Å². The van der Waals surface area contributed by atoms with Crippen molar-refractivity contribution in [3.05, 3.63) is 37.4 Å². The van der Waals surface area contributed by atoms with Gasteiger partial charge in [0, 0.05) is 16.2 Å². The molecule has 0 fully saturated rings. The standard InChI is InChI=1S/C17H18ClNO5S3/c1-2-24-17(21)15-11-7-8-27(22,23)9-12(11)26-16(15)19-14(20)6-4-10-3-5-13(18)25-10/h3,5H,2,4,6-9H2,1H3,(H,19,20). The van der Waals surface area contributed by atoms with Gasteiger partial charge in [-0.2, -0.15) is 0 Å². The Kier molecular flexibility index (Phi) is 6.25. The molecule has 6 nitrogen and oxygen atoms in total. The summed E-state index contributed by atoms with van der Waals surface area (Å²) in [5.74, 6) is -0.889. The first kappa shape index (κ1) is 20.3. The lowest BCUT2D eigenvalue weighted by Gasteiger charge is -2.13. The van der Waals surface area contributed by atoms with E-state index >= 15 is 0 Å². The minimum atomic E-state index is -3.18. The average molecular weight is 448 g/mol. The smallest absolute Gasteiger partial charge is 0.341 e. The van der Waals surface area contributed by atoms with Gasteiger partial charge in [0.2, 0.25) is 5.91 Å². The van der Waals surface area contributed by atoms with Gasteiger partial charge in [-0.3, -0.25) is 4.79 Å². The lowest BCUT2D eigenvalue weighted by atomic mass is 10.1. The monoisotopic (exact) mass is 447 g/mol. The summed E-state index contributed by atoms with van der Waals surface area (Å²) < 4.78 is 29.6. The van der Waals surface area contributed by atoms with Crippen LogP contribution in [0.5, 0.6) is 0 Å². The average Bonchev–Trinajstić information content (AvgIpc) is 3.14. The highest BCUT2D eigenvalue weighted by Gasteiger charge is 2.31. The van der Waals surface area contributed by atoms with Crippen molar-refractivity contribution in [3.8, 4) is 0 Å². The van der Waals surface area contributed by atoms with E-state index in [9.17, 15) is 18.0 Å². The third-order valence-corrected chi connectivity index (χ3v) is 8.24. The van der Waals surface area contributed by atoms with Crippen molar-refractivity contribution >= 4 is 61.0 Å². The molecule has 2 aromatic heterocycles. The normalized spacial score (nSPS) is 15.2. The number of amides is 1. The van der Waals surface area contributed by atoms with Crippen LogP contribution in [0.15, 0.2) is 12.1 Å². The van der Waals surface area contributed by atoms with Crippen LogP contribution in [-0.2, 0) is 38.0 Å². The second kappa shape index (κ2) is 8.30. The molecular weight excluding hydrogens is 430 g/mol. The zero-order valence-electron chi connectivity index (χ0n) is 14.5. The lowest BCUT2D eigenvalue weighted by Crippen LogP contribution is -2.20. The molecule has 1 N–H and O–H groups in total. The summed E-state index contributed by atoms with van der Waals surface area (Å²) in [7, 11) is -3.18. The van der Waals surface area contributed by atoms with Crippen molar-refractivity contribution in [2.45, 2.75) is 31.9 Å². The van der Waals surface area contributed by atoms with Crippen molar-refractivity contribution < 1.29 is 22.7 Å². The van der Waals surface area contributed by atoms with Crippen LogP contribution in [0.4, 0.5) is 5.00 Å². The third kappa shape index (κ3) is 4.90. The van der Waals surface area contributed by atoms with Crippen molar-refractivity contribution in [3.63, 3.8) is 0 Å². The van der Waals surface area contributed by atoms with Crippen LogP contribution < -0.4 is 5.32 Å². The van der Waals surface area contributed by atoms with Crippen LogP contribution in [0.1, 0.15) is 39.0 Å². The number of ether oxygens (including phenoxy) is 1. The molecular formula is C17H18ClNO5S3. The van der Waals surface area contributed by atoms with Gasteiger partial charge in [-0.1, -0.05) is 11.6 Å². The molecule has 27 heavy (non-hydrogen) atoms. The Morgan fingerprint density at radius 2 is 2.07 bits per heavy atom. The molecule has 0 saturated carbocycles. The number of carbonyl (C=O) groups excluding carboxylic acids is 2. The van der Waals surface area contributed by atoms with Crippen LogP contribution in [0.25, 0.3) is 0 Å². The van der Waals surface area contributed by atoms with E-state index in [-0.39, 0.29) is 36.9 Å². The number of esters is 1. The summed E-state index contributed by atoms with van der Waals surface area (Å²) in [6.07, 6.45) is 1.03. The fourth-order valence-corrected chi connectivity index (χ4v) is 6.98. The lowest BCUT2D eigenvalue weighted by molar-refractivity contribution is -0.116. The van der Waals surface area contributed by atoms with Gasteiger partial charge >= 0.3 is 5.97 Å². The van der Waals surface area contributed by atoms with Crippen LogP contribution in [0.2, 0.25) is 4.34 Å². The van der Waals surface area contributed by atoms with E-state index < -0.39 is 15.8 Å². The van der Waals surface area contributed by atoms with Crippen molar-refractivity contribution in [2.24, 2.45) is 0 Å². The van der Waals surface area contributed by atoms with E-state index in [2.05, 4.69) is 5.32 Å². The first-order valence-corrected chi connectivity index (χ1v) is 12.2. The number of rotatable bonds is 6. The van der Waals surface area contributed by atoms with Gasteiger partial charge in [-0.25, -0.2) is 13.2 Å². The maximum atomic E-state index is 12.4. The second-order valence-electron chi connectivity index (χ2n) is 6.02. The Balaban J connectivity index is 1.80. The van der Waals surface area contributed by atoms with Crippen LogP contribution in [-0.4, -0.2) is 32.7 Å². The number of thiophene rings is 2. The maximum Gasteiger partial charge on any atom is 0.341 e. The SMILES string of the molecule is CCOC(=O)c1c(NC(=O)CCc2ccc(Cl)s2)sc2c1CCS(=O)(=O)C2. The number of aryl methyl sites for hydroxylation is 1. The summed E-state index contributed by atoms with van der Waals surface area (Å²) in [5, 5.41) is 3.13. The van der Waals surface area contributed by atoms with Crippen LogP contribution in [0.3, 0.4) is 0 Å². The molecule has 0 radical (unpaired) electrons. The highest BCUT2D eigenvalue weighted by atomic mass is 35.5. The molecule has 3 rings (SSSR count). The van der Waals surface area contributed by atoms with Crippen molar-refractivity contribution in [1.82, 2.24) is 0 Å². The number of carbonyl (C=O) groups is 2. The summed E-state index contributed by atoms with van der Waals surface area (Å²) in [6, 6.07) is 3.66. The Labute approximate surface area is 170 Å². The number of hydrogen-bond donors (Lipinski definition) is 1. The fraction of sp³-hybridized carbons (Fsp3) is 0.412. The number of hydrogen-bond acceptors (Lipinski definition) is 7. The molecule has 0 atom stereocenters. The third-order valence-electron chi connectivity index (χ3n) is 4.06. The minimum absolute atomic E-state index is 0.00430. The second-order valence-corrected chi connectivity index (χ2v) is 11.1. The van der Waals surface area contributed by atoms with Gasteiger partial charge in [-0.05, 0) is 37.5 Å². The highest BCUT2D eigenvalue weighted by Crippen LogP contribution is 2.38. The molecule has 2 aromatic rings. The summed E-state index contributed by atoms with van der Waals surface area (Å²) in [4.78, 5) is 26.4. The molecule has 0 aliphatic carbocycles. The largest absolute Gasteiger partial charge is 0.462 e. The molecule has 1 aliphatic heterocycles. The van der Waals surface area contributed by atoms with Gasteiger partial charge in [0.25, 0.3) is 0 Å². The van der Waals surface area contributed by atoms with Gasteiger partial charge in [0.15, 0.2) is 9.84 Å². The van der Waals surface area contributed by atoms with E-state index in [4.69, 9.17) is 16.3 Å². The number of fused-ring (bicyclic) bond motifs is 1. The quantitative estimate of drug-likeness (QED) is 0.682. The highest BCUT2D eigenvalue weighted by molar-refractivity contribution is 7.90. The molecule has 0 aromatic carbocycles. The van der Waals surface area contributed by atoms with Crippen molar-refractivity contribution in [2.75, 3.05) is 17.7 Å². The molecule has 0 unspecified atom stereocenters. The number of halogens is 1. The molecule has 0 saturated heterocycles. The summed E-state index contributed by atoms with van der Waals surface area (Å²) in [5.41, 5.74) is 0.966. The van der Waals surface area contributed by atoms with E-state index in [1.807, 2.05) is 6.07 Å². The number of anilines is 1. The topological polar surface area (TPSA) is 89.5 Å². The van der Waals surface area contributed by atoms with Gasteiger partial charge in [-0.15, -0.1) is 22.7 Å². The van der Waals surface area contributed by atoms with E-state index in [0.29, 0.717) is 31.8 Å². The molecule has 146 valence electrons.